The Morgan fingerprint density at radius 2 is 0.735 bits per heavy atom. The summed E-state index contributed by atoms with van der Waals surface area (Å²) in [6.45, 7) is 0. The highest BCUT2D eigenvalue weighted by atomic mass is 16.3. The maximum absolute atomic E-state index is 6.62. The van der Waals surface area contributed by atoms with Gasteiger partial charge in [-0.05, 0) is 45.5 Å². The van der Waals surface area contributed by atoms with Gasteiger partial charge in [-0.1, -0.05) is 164 Å². The van der Waals surface area contributed by atoms with Crippen LogP contribution in [0.5, 0.6) is 0 Å². The largest absolute Gasteiger partial charge is 0.455 e. The number of hydrogen-bond donors (Lipinski definition) is 0. The van der Waals surface area contributed by atoms with Gasteiger partial charge in [0.15, 0.2) is 17.5 Å². The lowest BCUT2D eigenvalue weighted by Gasteiger charge is -2.10. The molecule has 0 bridgehead atoms. The molecule has 0 spiro atoms. The van der Waals surface area contributed by atoms with E-state index in [0.717, 1.165) is 72.0 Å². The molecule has 0 atom stereocenters. The summed E-state index contributed by atoms with van der Waals surface area (Å²) in [4.78, 5) is 15.2. The molecule has 0 N–H and O–H groups in total. The number of hydrogen-bond acceptors (Lipinski definition) is 4. The average molecular weight is 628 g/mol. The Morgan fingerprint density at radius 3 is 1.29 bits per heavy atom. The van der Waals surface area contributed by atoms with Crippen molar-refractivity contribution in [2.24, 2.45) is 0 Å². The fourth-order valence-electron chi connectivity index (χ4n) is 6.52. The molecule has 0 amide bonds. The topological polar surface area (TPSA) is 51.8 Å². The van der Waals surface area contributed by atoms with Gasteiger partial charge in [0.25, 0.3) is 0 Å². The number of para-hydroxylation sites is 1. The van der Waals surface area contributed by atoms with E-state index < -0.39 is 0 Å². The van der Waals surface area contributed by atoms with E-state index >= 15 is 0 Å². The van der Waals surface area contributed by atoms with Crippen molar-refractivity contribution in [3.05, 3.63) is 176 Å². The molecule has 0 saturated carbocycles. The summed E-state index contributed by atoms with van der Waals surface area (Å²) in [6.07, 6.45) is 0. The number of rotatable bonds is 6. The lowest BCUT2D eigenvalue weighted by atomic mass is 9.99. The zero-order chi connectivity index (χ0) is 32.6. The van der Waals surface area contributed by atoms with E-state index in [1.165, 1.54) is 0 Å². The Kier molecular flexibility index (Phi) is 7.10. The maximum atomic E-state index is 6.62. The van der Waals surface area contributed by atoms with E-state index in [-0.39, 0.29) is 0 Å². The van der Waals surface area contributed by atoms with Crippen molar-refractivity contribution >= 4 is 21.9 Å². The summed E-state index contributed by atoms with van der Waals surface area (Å²) in [7, 11) is 0. The third kappa shape index (κ3) is 5.35. The van der Waals surface area contributed by atoms with Crippen LogP contribution in [0, 0.1) is 0 Å². The molecule has 9 aromatic rings. The Morgan fingerprint density at radius 1 is 0.306 bits per heavy atom. The predicted molar refractivity (Wildman–Crippen MR) is 200 cm³/mol. The van der Waals surface area contributed by atoms with Crippen LogP contribution in [-0.2, 0) is 0 Å². The highest BCUT2D eigenvalue weighted by Gasteiger charge is 2.19. The van der Waals surface area contributed by atoms with E-state index in [9.17, 15) is 0 Å². The van der Waals surface area contributed by atoms with Gasteiger partial charge in [0, 0.05) is 21.9 Å². The number of aromatic nitrogens is 3. The first kappa shape index (κ1) is 28.6. The van der Waals surface area contributed by atoms with Gasteiger partial charge in [-0.3, -0.25) is 0 Å². The van der Waals surface area contributed by atoms with Crippen molar-refractivity contribution in [3.63, 3.8) is 0 Å². The molecule has 2 aromatic heterocycles. The summed E-state index contributed by atoms with van der Waals surface area (Å²) in [5.41, 5.74) is 11.1. The molecule has 7 aromatic carbocycles. The molecule has 0 aliphatic rings. The van der Waals surface area contributed by atoms with Crippen LogP contribution in [0.2, 0.25) is 0 Å². The first-order valence-corrected chi connectivity index (χ1v) is 16.4. The van der Waals surface area contributed by atoms with Gasteiger partial charge in [-0.25, -0.2) is 15.0 Å². The lowest BCUT2D eigenvalue weighted by Crippen LogP contribution is -2.00. The third-order valence-electron chi connectivity index (χ3n) is 8.98. The van der Waals surface area contributed by atoms with Crippen LogP contribution in [0.1, 0.15) is 0 Å². The highest BCUT2D eigenvalue weighted by molar-refractivity contribution is 6.15. The molecule has 0 fully saturated rings. The van der Waals surface area contributed by atoms with Crippen molar-refractivity contribution in [3.8, 4) is 67.5 Å². The Balaban J connectivity index is 1.21. The minimum Gasteiger partial charge on any atom is -0.455 e. The van der Waals surface area contributed by atoms with Gasteiger partial charge in [0.05, 0.1) is 5.56 Å². The van der Waals surface area contributed by atoms with Crippen LogP contribution in [0.15, 0.2) is 180 Å². The summed E-state index contributed by atoms with van der Waals surface area (Å²) in [5, 5.41) is 2.10. The van der Waals surface area contributed by atoms with Gasteiger partial charge in [0.1, 0.15) is 11.2 Å². The fourth-order valence-corrected chi connectivity index (χ4v) is 6.52. The Hall–Kier alpha value is -6.65. The van der Waals surface area contributed by atoms with Gasteiger partial charge in [-0.2, -0.15) is 0 Å². The minimum atomic E-state index is 0.560. The van der Waals surface area contributed by atoms with Gasteiger partial charge >= 0.3 is 0 Å². The summed E-state index contributed by atoms with van der Waals surface area (Å²) >= 11 is 0. The molecule has 49 heavy (non-hydrogen) atoms. The van der Waals surface area contributed by atoms with Gasteiger partial charge in [-0.15, -0.1) is 0 Å². The van der Waals surface area contributed by atoms with Crippen LogP contribution < -0.4 is 0 Å². The molecular weight excluding hydrogens is 599 g/mol. The van der Waals surface area contributed by atoms with Gasteiger partial charge < -0.3 is 4.42 Å². The summed E-state index contributed by atoms with van der Waals surface area (Å²) in [5.74, 6) is 1.76. The number of nitrogens with zero attached hydrogens (tertiary/aromatic N) is 3. The van der Waals surface area contributed by atoms with E-state index in [2.05, 4.69) is 140 Å². The van der Waals surface area contributed by atoms with Crippen molar-refractivity contribution in [2.75, 3.05) is 0 Å². The molecule has 0 aliphatic carbocycles. The maximum Gasteiger partial charge on any atom is 0.167 e. The van der Waals surface area contributed by atoms with E-state index in [1.54, 1.807) is 0 Å². The average Bonchev–Trinajstić information content (AvgIpc) is 3.58. The number of furan rings is 1. The van der Waals surface area contributed by atoms with Crippen LogP contribution in [0.3, 0.4) is 0 Å². The Labute approximate surface area is 284 Å². The minimum absolute atomic E-state index is 0.560. The highest BCUT2D eigenvalue weighted by Crippen LogP contribution is 2.40. The molecule has 230 valence electrons. The summed E-state index contributed by atoms with van der Waals surface area (Å²) < 4.78 is 6.62. The first-order valence-electron chi connectivity index (χ1n) is 16.4. The predicted octanol–water partition coefficient (Wildman–Crippen LogP) is 11.8. The van der Waals surface area contributed by atoms with E-state index in [0.29, 0.717) is 17.5 Å². The number of benzene rings is 7. The van der Waals surface area contributed by atoms with E-state index in [4.69, 9.17) is 19.4 Å². The molecular formula is C45H29N3O. The second kappa shape index (κ2) is 12.2. The van der Waals surface area contributed by atoms with Crippen molar-refractivity contribution in [1.29, 1.82) is 0 Å². The molecule has 4 nitrogen and oxygen atoms in total. The van der Waals surface area contributed by atoms with Crippen LogP contribution >= 0.6 is 0 Å². The molecule has 0 saturated heterocycles. The quantitative estimate of drug-likeness (QED) is 0.184. The van der Waals surface area contributed by atoms with E-state index in [1.807, 2.05) is 36.4 Å². The molecule has 4 heteroatoms. The van der Waals surface area contributed by atoms with Crippen LogP contribution in [0.4, 0.5) is 0 Å². The smallest absolute Gasteiger partial charge is 0.167 e. The molecule has 0 aliphatic heterocycles. The molecule has 9 rings (SSSR count). The zero-order valence-electron chi connectivity index (χ0n) is 26.5. The zero-order valence-corrected chi connectivity index (χ0v) is 26.5. The Bertz CT molecular complexity index is 2460. The normalized spacial score (nSPS) is 11.3. The molecule has 0 unspecified atom stereocenters. The second-order valence-electron chi connectivity index (χ2n) is 12.0. The fraction of sp³-hybridized carbons (Fsp3) is 0. The monoisotopic (exact) mass is 627 g/mol. The van der Waals surface area contributed by atoms with Crippen LogP contribution in [0.25, 0.3) is 89.5 Å². The number of fused-ring (bicyclic) bond motifs is 3. The third-order valence-corrected chi connectivity index (χ3v) is 8.98. The van der Waals surface area contributed by atoms with Crippen molar-refractivity contribution in [2.45, 2.75) is 0 Å². The van der Waals surface area contributed by atoms with Gasteiger partial charge in [0.2, 0.25) is 0 Å². The van der Waals surface area contributed by atoms with Crippen molar-refractivity contribution < 1.29 is 4.42 Å². The summed E-state index contributed by atoms with van der Waals surface area (Å²) in [6, 6.07) is 60.4. The first-order chi connectivity index (χ1) is 24.3. The molecule has 0 radical (unpaired) electrons. The standard InChI is InChI=1S/C45H29N3O/c1-4-12-30(13-5-1)32-22-26-35(27-23-32)43-46-44(36-28-24-33(25-29-36)31-14-6-2-7-15-31)48-45(47-43)39-20-10-19-38-41-37(34-16-8-3-9-17-34)18-11-21-40(41)49-42(38)39/h1-29H. The lowest BCUT2D eigenvalue weighted by molar-refractivity contribution is 0.669. The van der Waals surface area contributed by atoms with Crippen LogP contribution in [-0.4, -0.2) is 15.0 Å². The SMILES string of the molecule is c1ccc(-c2ccc(-c3nc(-c4ccc(-c5ccccc5)cc4)nc(-c4cccc5c4oc4cccc(-c6ccccc6)c45)n3)cc2)cc1. The van der Waals surface area contributed by atoms with Crippen molar-refractivity contribution in [1.82, 2.24) is 15.0 Å². The second-order valence-corrected chi connectivity index (χ2v) is 12.0. The molecule has 2 heterocycles.